The molecule has 246 valence electrons. The van der Waals surface area contributed by atoms with E-state index in [1.54, 1.807) is 44.7 Å². The van der Waals surface area contributed by atoms with E-state index in [-0.39, 0.29) is 48.6 Å². The molecule has 2 aromatic rings. The van der Waals surface area contributed by atoms with Crippen molar-refractivity contribution in [2.75, 3.05) is 36.1 Å². The Labute approximate surface area is 281 Å². The van der Waals surface area contributed by atoms with E-state index in [1.165, 1.54) is 0 Å². The van der Waals surface area contributed by atoms with Crippen molar-refractivity contribution in [3.8, 4) is 5.75 Å². The van der Waals surface area contributed by atoms with Crippen molar-refractivity contribution in [3.05, 3.63) is 78.4 Å². The molecule has 3 aliphatic rings. The van der Waals surface area contributed by atoms with Gasteiger partial charge in [0.2, 0.25) is 11.8 Å². The molecule has 3 unspecified atom stereocenters. The number of fused-ring (bicyclic) bond motifs is 1. The Morgan fingerprint density at radius 3 is 2.39 bits per heavy atom. The number of likely N-dealkylation sites (tertiary alicyclic amines) is 1. The van der Waals surface area contributed by atoms with Crippen LogP contribution in [0.1, 0.15) is 39.2 Å². The summed E-state index contributed by atoms with van der Waals surface area (Å²) < 4.78 is 4.74. The maximum atomic E-state index is 15.0. The van der Waals surface area contributed by atoms with Gasteiger partial charge in [0.15, 0.2) is 0 Å². The van der Waals surface area contributed by atoms with Crippen LogP contribution in [0.25, 0.3) is 0 Å². The van der Waals surface area contributed by atoms with Gasteiger partial charge in [-0.2, -0.15) is 0 Å². The first kappa shape index (κ1) is 34.1. The van der Waals surface area contributed by atoms with Gasteiger partial charge in [-0.05, 0) is 68.5 Å². The largest absolute Gasteiger partial charge is 0.494 e. The number of anilines is 2. The summed E-state index contributed by atoms with van der Waals surface area (Å²) in [5.41, 5.74) is 2.08. The van der Waals surface area contributed by atoms with Gasteiger partial charge in [-0.3, -0.25) is 14.4 Å². The second-order valence-corrected chi connectivity index (χ2v) is 14.3. The average molecular weight is 666 g/mol. The monoisotopic (exact) mass is 665 g/mol. The summed E-state index contributed by atoms with van der Waals surface area (Å²) in [5, 5.41) is 10.8. The number of halogens is 1. The quantitative estimate of drug-likeness (QED) is 0.268. The zero-order valence-electron chi connectivity index (χ0n) is 27.0. The van der Waals surface area contributed by atoms with E-state index >= 15 is 4.79 Å². The highest BCUT2D eigenvalue weighted by atomic mass is 35.5. The number of para-hydroxylation sites is 1. The third-order valence-corrected chi connectivity index (χ3v) is 12.2. The SMILES string of the molecule is C=CCN(C(=O)[C@@H]1[C@H]2C(=O)N([C@@H](CC)CO)C(C(=O)N(CC=C)c3c(C)cccc3Cl)C23S[C@@H]1CC3C)c1ccc(OCC)cc1. The van der Waals surface area contributed by atoms with Gasteiger partial charge < -0.3 is 24.5 Å². The molecule has 0 saturated carbocycles. The minimum absolute atomic E-state index is 0.0353. The maximum absolute atomic E-state index is 15.0. The number of thioether (sulfide) groups is 1. The van der Waals surface area contributed by atoms with E-state index < -0.39 is 28.7 Å². The van der Waals surface area contributed by atoms with Crippen molar-refractivity contribution in [1.82, 2.24) is 4.90 Å². The van der Waals surface area contributed by atoms with Crippen LogP contribution in [0.15, 0.2) is 67.8 Å². The summed E-state index contributed by atoms with van der Waals surface area (Å²) in [7, 11) is 0. The van der Waals surface area contributed by atoms with Gasteiger partial charge in [-0.15, -0.1) is 24.9 Å². The number of carbonyl (C=O) groups excluding carboxylic acids is 3. The minimum Gasteiger partial charge on any atom is -0.494 e. The number of rotatable bonds is 13. The maximum Gasteiger partial charge on any atom is 0.251 e. The Hall–Kier alpha value is -3.27. The van der Waals surface area contributed by atoms with Crippen molar-refractivity contribution in [2.45, 2.75) is 62.6 Å². The Morgan fingerprint density at radius 2 is 1.80 bits per heavy atom. The predicted octanol–water partition coefficient (Wildman–Crippen LogP) is 5.89. The zero-order valence-corrected chi connectivity index (χ0v) is 28.6. The van der Waals surface area contributed by atoms with Crippen LogP contribution in [0.4, 0.5) is 11.4 Å². The van der Waals surface area contributed by atoms with Crippen molar-refractivity contribution >= 4 is 52.5 Å². The number of aryl methyl sites for hydroxylation is 1. The molecule has 1 spiro atoms. The Kier molecular flexibility index (Phi) is 10.3. The predicted molar refractivity (Wildman–Crippen MR) is 186 cm³/mol. The molecular formula is C36H44ClN3O5S. The molecule has 0 radical (unpaired) electrons. The van der Waals surface area contributed by atoms with Gasteiger partial charge in [0.25, 0.3) is 5.91 Å². The van der Waals surface area contributed by atoms with Crippen molar-refractivity contribution in [1.29, 1.82) is 0 Å². The van der Waals surface area contributed by atoms with Crippen LogP contribution in [0.3, 0.4) is 0 Å². The summed E-state index contributed by atoms with van der Waals surface area (Å²) >= 11 is 8.32. The third-order valence-electron chi connectivity index (χ3n) is 9.85. The number of carbonyl (C=O) groups is 3. The van der Waals surface area contributed by atoms with E-state index in [9.17, 15) is 14.7 Å². The minimum atomic E-state index is -0.904. The molecule has 0 aromatic heterocycles. The van der Waals surface area contributed by atoms with E-state index in [2.05, 4.69) is 20.1 Å². The number of aliphatic hydroxyl groups excluding tert-OH is 1. The lowest BCUT2D eigenvalue weighted by atomic mass is 9.65. The Balaban J connectivity index is 1.61. The first-order valence-electron chi connectivity index (χ1n) is 16.0. The molecule has 2 aromatic carbocycles. The van der Waals surface area contributed by atoms with E-state index in [4.69, 9.17) is 16.3 Å². The number of amides is 3. The van der Waals surface area contributed by atoms with Gasteiger partial charge in [-0.25, -0.2) is 0 Å². The molecule has 7 atom stereocenters. The summed E-state index contributed by atoms with van der Waals surface area (Å²) in [5.74, 6) is -1.40. The second kappa shape index (κ2) is 13.8. The van der Waals surface area contributed by atoms with Crippen LogP contribution >= 0.6 is 23.4 Å². The van der Waals surface area contributed by atoms with E-state index in [1.807, 2.05) is 57.2 Å². The molecule has 3 saturated heterocycles. The molecule has 8 nitrogen and oxygen atoms in total. The van der Waals surface area contributed by atoms with Crippen LogP contribution in [0.2, 0.25) is 5.02 Å². The van der Waals surface area contributed by atoms with E-state index in [0.717, 1.165) is 5.56 Å². The second-order valence-electron chi connectivity index (χ2n) is 12.4. The summed E-state index contributed by atoms with van der Waals surface area (Å²) in [6.07, 6.45) is 4.48. The molecule has 5 rings (SSSR count). The van der Waals surface area contributed by atoms with Gasteiger partial charge in [0.1, 0.15) is 11.8 Å². The average Bonchev–Trinajstić information content (AvgIpc) is 3.64. The molecule has 10 heteroatoms. The number of hydrogen-bond acceptors (Lipinski definition) is 6. The summed E-state index contributed by atoms with van der Waals surface area (Å²) in [6, 6.07) is 11.3. The fourth-order valence-electron chi connectivity index (χ4n) is 7.88. The fourth-order valence-corrected chi connectivity index (χ4v) is 10.6. The molecule has 3 aliphatic heterocycles. The van der Waals surface area contributed by atoms with Gasteiger partial charge >= 0.3 is 0 Å². The van der Waals surface area contributed by atoms with Crippen LogP contribution in [-0.4, -0.2) is 76.1 Å². The van der Waals surface area contributed by atoms with Gasteiger partial charge in [0, 0.05) is 24.0 Å². The molecule has 3 amide bonds. The number of hydrogen-bond donors (Lipinski definition) is 1. The highest BCUT2D eigenvalue weighted by Gasteiger charge is 2.77. The molecule has 3 heterocycles. The first-order chi connectivity index (χ1) is 22.1. The zero-order chi connectivity index (χ0) is 33.3. The smallest absolute Gasteiger partial charge is 0.251 e. The van der Waals surface area contributed by atoms with Crippen molar-refractivity contribution in [2.24, 2.45) is 17.8 Å². The third kappa shape index (κ3) is 5.44. The number of nitrogens with zero attached hydrogens (tertiary/aromatic N) is 3. The van der Waals surface area contributed by atoms with Crippen molar-refractivity contribution < 1.29 is 24.2 Å². The lowest BCUT2D eigenvalue weighted by Gasteiger charge is -2.42. The molecule has 3 fully saturated rings. The fraction of sp³-hybridized carbons (Fsp3) is 0.472. The van der Waals surface area contributed by atoms with Crippen molar-refractivity contribution in [3.63, 3.8) is 0 Å². The van der Waals surface area contributed by atoms with Gasteiger partial charge in [-0.1, -0.05) is 49.7 Å². The summed E-state index contributed by atoms with van der Waals surface area (Å²) in [6.45, 7) is 16.3. The van der Waals surface area contributed by atoms with E-state index in [0.29, 0.717) is 41.6 Å². The van der Waals surface area contributed by atoms with Crippen LogP contribution < -0.4 is 14.5 Å². The molecule has 2 bridgehead atoms. The number of ether oxygens (including phenoxy) is 1. The Bertz CT molecular complexity index is 1480. The molecular weight excluding hydrogens is 622 g/mol. The number of aliphatic hydroxyl groups is 1. The summed E-state index contributed by atoms with van der Waals surface area (Å²) in [4.78, 5) is 49.4. The molecule has 0 aliphatic carbocycles. The number of benzene rings is 2. The highest BCUT2D eigenvalue weighted by Crippen LogP contribution is 2.69. The lowest BCUT2D eigenvalue weighted by Crippen LogP contribution is -2.59. The first-order valence-corrected chi connectivity index (χ1v) is 17.3. The van der Waals surface area contributed by atoms with Crippen LogP contribution in [0, 0.1) is 24.7 Å². The normalized spacial score (nSPS) is 26.9. The van der Waals surface area contributed by atoms with Crippen LogP contribution in [-0.2, 0) is 14.4 Å². The van der Waals surface area contributed by atoms with Gasteiger partial charge in [0.05, 0.1) is 46.5 Å². The lowest BCUT2D eigenvalue weighted by molar-refractivity contribution is -0.142. The van der Waals surface area contributed by atoms with Crippen LogP contribution in [0.5, 0.6) is 5.75 Å². The standard InChI is InChI=1S/C36H44ClN3O5S/c1-7-18-38(25-14-16-26(17-15-25)45-10-4)33(42)29-28-20-23(6)36(46-28)30(29)34(43)40(24(9-3)21-41)32(36)35(44)39(19-8-2)31-22(5)12-11-13-27(31)37/h7-8,11-17,23-24,28-30,32,41H,1-2,9-10,18-21H2,3-6H3/t23?,24-,28+,29-,30-,32?,36?/m0/s1. The molecule has 46 heavy (non-hydrogen) atoms. The highest BCUT2D eigenvalue weighted by molar-refractivity contribution is 8.02. The topological polar surface area (TPSA) is 90.4 Å². The Morgan fingerprint density at radius 1 is 1.13 bits per heavy atom. The molecule has 1 N–H and O–H groups in total.